The van der Waals surface area contributed by atoms with E-state index in [1.54, 1.807) is 18.3 Å². The molecular weight excluding hydrogens is 330 g/mol. The highest BCUT2D eigenvalue weighted by Crippen LogP contribution is 2.20. The number of hydrogen-bond acceptors (Lipinski definition) is 3. The van der Waals surface area contributed by atoms with Gasteiger partial charge in [-0.1, -0.05) is 18.5 Å². The van der Waals surface area contributed by atoms with E-state index in [4.69, 9.17) is 11.6 Å². The Hall–Kier alpha value is -2.54. The Labute approximate surface area is 145 Å². The fourth-order valence-electron chi connectivity index (χ4n) is 2.15. The lowest BCUT2D eigenvalue weighted by Gasteiger charge is -2.14. The smallest absolute Gasteiger partial charge is 0.319 e. The predicted octanol–water partition coefficient (Wildman–Crippen LogP) is 2.35. The van der Waals surface area contributed by atoms with Gasteiger partial charge >= 0.3 is 6.03 Å². The van der Waals surface area contributed by atoms with Crippen LogP contribution in [0.4, 0.5) is 10.5 Å². The molecule has 0 bridgehead atoms. The molecule has 2 aromatic rings. The van der Waals surface area contributed by atoms with Crippen LogP contribution in [0, 0.1) is 5.92 Å². The van der Waals surface area contributed by atoms with Crippen LogP contribution in [-0.4, -0.2) is 35.3 Å². The van der Waals surface area contributed by atoms with Crippen LogP contribution in [-0.2, 0) is 6.54 Å². The third-order valence-electron chi connectivity index (χ3n) is 3.36. The van der Waals surface area contributed by atoms with Gasteiger partial charge < -0.3 is 16.0 Å². The molecule has 1 atom stereocenters. The summed E-state index contributed by atoms with van der Waals surface area (Å²) in [5, 5.41) is 12.4. The van der Waals surface area contributed by atoms with Gasteiger partial charge in [-0.25, -0.2) is 4.79 Å². The molecular formula is C16H20ClN5O2. The van der Waals surface area contributed by atoms with Gasteiger partial charge in [-0.3, -0.25) is 9.48 Å². The zero-order chi connectivity index (χ0) is 17.5. The van der Waals surface area contributed by atoms with E-state index in [-0.39, 0.29) is 17.9 Å². The summed E-state index contributed by atoms with van der Waals surface area (Å²) in [4.78, 5) is 23.7. The van der Waals surface area contributed by atoms with Crippen molar-refractivity contribution in [1.82, 2.24) is 20.4 Å². The maximum Gasteiger partial charge on any atom is 0.319 e. The number of carbonyl (C=O) groups is 2. The third-order valence-corrected chi connectivity index (χ3v) is 3.69. The molecule has 24 heavy (non-hydrogen) atoms. The molecule has 3 N–H and O–H groups in total. The number of urea groups is 1. The Kier molecular flexibility index (Phi) is 6.20. The summed E-state index contributed by atoms with van der Waals surface area (Å²) in [6.45, 7) is 3.24. The van der Waals surface area contributed by atoms with Crippen LogP contribution in [0.3, 0.4) is 0 Å². The van der Waals surface area contributed by atoms with Crippen molar-refractivity contribution in [2.75, 3.05) is 18.9 Å². The molecule has 0 aliphatic heterocycles. The fraction of sp³-hybridized carbons (Fsp3) is 0.312. The third kappa shape index (κ3) is 4.99. The fourth-order valence-corrected chi connectivity index (χ4v) is 2.35. The van der Waals surface area contributed by atoms with Crippen LogP contribution in [0.15, 0.2) is 36.7 Å². The summed E-state index contributed by atoms with van der Waals surface area (Å²) in [5.74, 6) is -0.0841. The largest absolute Gasteiger partial charge is 0.355 e. The summed E-state index contributed by atoms with van der Waals surface area (Å²) >= 11 is 5.98. The Morgan fingerprint density at radius 1 is 1.38 bits per heavy atom. The van der Waals surface area contributed by atoms with Crippen molar-refractivity contribution in [2.24, 2.45) is 5.92 Å². The van der Waals surface area contributed by atoms with Gasteiger partial charge in [-0.2, -0.15) is 5.10 Å². The van der Waals surface area contributed by atoms with Gasteiger partial charge in [0.1, 0.15) is 0 Å². The lowest BCUT2D eigenvalue weighted by Crippen LogP contribution is -2.33. The second-order valence-corrected chi connectivity index (χ2v) is 5.85. The molecule has 0 aliphatic carbocycles. The number of aromatic nitrogens is 2. The van der Waals surface area contributed by atoms with Gasteiger partial charge in [0.25, 0.3) is 5.91 Å². The first-order valence-corrected chi connectivity index (χ1v) is 7.91. The van der Waals surface area contributed by atoms with Crippen LogP contribution in [0.5, 0.6) is 0 Å². The van der Waals surface area contributed by atoms with E-state index in [9.17, 15) is 9.59 Å². The van der Waals surface area contributed by atoms with E-state index in [0.29, 0.717) is 22.8 Å². The van der Waals surface area contributed by atoms with E-state index in [1.165, 1.54) is 13.1 Å². The van der Waals surface area contributed by atoms with E-state index >= 15 is 0 Å². The van der Waals surface area contributed by atoms with Gasteiger partial charge in [0.15, 0.2) is 0 Å². The molecule has 0 saturated heterocycles. The minimum atomic E-state index is -0.340. The van der Waals surface area contributed by atoms with Crippen LogP contribution in [0.2, 0.25) is 5.02 Å². The molecule has 128 valence electrons. The van der Waals surface area contributed by atoms with Crippen LogP contribution in [0.1, 0.15) is 17.3 Å². The standard InChI is InChI=1S/C16H20ClN5O2/c1-11(10-22-7-3-6-20-22)9-19-16(24)21-12-4-5-14(17)13(8-12)15(23)18-2/h3-8,11H,9-10H2,1-2H3,(H,18,23)(H2,19,21,24)/t11-/m0/s1. The van der Waals surface area contributed by atoms with Crippen molar-refractivity contribution in [1.29, 1.82) is 0 Å². The number of hydrogen-bond donors (Lipinski definition) is 3. The van der Waals surface area contributed by atoms with Crippen molar-refractivity contribution >= 4 is 29.2 Å². The molecule has 1 aromatic carbocycles. The normalized spacial score (nSPS) is 11.6. The number of nitrogens with one attached hydrogen (secondary N) is 3. The van der Waals surface area contributed by atoms with Crippen LogP contribution in [0.25, 0.3) is 0 Å². The Balaban J connectivity index is 1.87. The quantitative estimate of drug-likeness (QED) is 0.748. The molecule has 0 radical (unpaired) electrons. The average Bonchev–Trinajstić information content (AvgIpc) is 3.07. The molecule has 2 rings (SSSR count). The zero-order valence-electron chi connectivity index (χ0n) is 13.5. The predicted molar refractivity (Wildman–Crippen MR) is 93.3 cm³/mol. The topological polar surface area (TPSA) is 88.0 Å². The average molecular weight is 350 g/mol. The molecule has 8 heteroatoms. The summed E-state index contributed by atoms with van der Waals surface area (Å²) in [5.41, 5.74) is 0.805. The Morgan fingerprint density at radius 3 is 2.83 bits per heavy atom. The molecule has 0 aliphatic rings. The van der Waals surface area contributed by atoms with Gasteiger partial charge in [0, 0.05) is 38.2 Å². The summed E-state index contributed by atoms with van der Waals surface area (Å²) in [7, 11) is 1.52. The highest BCUT2D eigenvalue weighted by molar-refractivity contribution is 6.34. The summed E-state index contributed by atoms with van der Waals surface area (Å²) < 4.78 is 1.82. The molecule has 0 unspecified atom stereocenters. The minimum Gasteiger partial charge on any atom is -0.355 e. The maximum atomic E-state index is 12.0. The van der Waals surface area contributed by atoms with Crippen LogP contribution < -0.4 is 16.0 Å². The van der Waals surface area contributed by atoms with Crippen molar-refractivity contribution in [3.8, 4) is 0 Å². The zero-order valence-corrected chi connectivity index (χ0v) is 14.3. The lowest BCUT2D eigenvalue weighted by molar-refractivity contribution is 0.0963. The summed E-state index contributed by atoms with van der Waals surface area (Å²) in [6, 6.07) is 6.27. The Morgan fingerprint density at radius 2 is 2.17 bits per heavy atom. The van der Waals surface area contributed by atoms with Crippen LogP contribution >= 0.6 is 11.6 Å². The first-order valence-electron chi connectivity index (χ1n) is 7.53. The van der Waals surface area contributed by atoms with E-state index in [0.717, 1.165) is 6.54 Å². The SMILES string of the molecule is CNC(=O)c1cc(NC(=O)NC[C@H](C)Cn2cccn2)ccc1Cl. The monoisotopic (exact) mass is 349 g/mol. The molecule has 3 amide bonds. The second-order valence-electron chi connectivity index (χ2n) is 5.44. The highest BCUT2D eigenvalue weighted by Gasteiger charge is 2.11. The number of rotatable bonds is 6. The number of benzene rings is 1. The molecule has 1 heterocycles. The maximum absolute atomic E-state index is 12.0. The summed E-state index contributed by atoms with van der Waals surface area (Å²) in [6.07, 6.45) is 3.60. The number of amides is 3. The molecule has 7 nitrogen and oxygen atoms in total. The van der Waals surface area contributed by atoms with Gasteiger partial charge in [0.2, 0.25) is 0 Å². The number of carbonyl (C=O) groups excluding carboxylic acids is 2. The molecule has 0 spiro atoms. The first-order chi connectivity index (χ1) is 11.5. The van der Waals surface area contributed by atoms with E-state index < -0.39 is 0 Å². The Bertz CT molecular complexity index is 702. The number of anilines is 1. The van der Waals surface area contributed by atoms with Crippen molar-refractivity contribution in [2.45, 2.75) is 13.5 Å². The van der Waals surface area contributed by atoms with Crippen molar-refractivity contribution in [3.63, 3.8) is 0 Å². The molecule has 0 fully saturated rings. The minimum absolute atomic E-state index is 0.224. The van der Waals surface area contributed by atoms with E-state index in [1.807, 2.05) is 23.9 Å². The van der Waals surface area contributed by atoms with Gasteiger partial charge in [-0.05, 0) is 30.2 Å². The van der Waals surface area contributed by atoms with Gasteiger partial charge in [-0.15, -0.1) is 0 Å². The van der Waals surface area contributed by atoms with Crippen molar-refractivity contribution in [3.05, 3.63) is 47.2 Å². The number of halogens is 1. The van der Waals surface area contributed by atoms with Crippen molar-refractivity contribution < 1.29 is 9.59 Å². The van der Waals surface area contributed by atoms with E-state index in [2.05, 4.69) is 21.0 Å². The first kappa shape index (κ1) is 17.8. The second kappa shape index (κ2) is 8.35. The molecule has 1 aromatic heterocycles. The van der Waals surface area contributed by atoms with Gasteiger partial charge in [0.05, 0.1) is 10.6 Å². The highest BCUT2D eigenvalue weighted by atomic mass is 35.5. The number of nitrogens with zero attached hydrogens (tertiary/aromatic N) is 2. The lowest BCUT2D eigenvalue weighted by atomic mass is 10.2. The molecule has 0 saturated carbocycles.